The van der Waals surface area contributed by atoms with Gasteiger partial charge < -0.3 is 5.32 Å². The molecule has 0 aliphatic carbocycles. The summed E-state index contributed by atoms with van der Waals surface area (Å²) in [4.78, 5) is 12.0. The first kappa shape index (κ1) is 12.8. The Morgan fingerprint density at radius 3 is 2.33 bits per heavy atom. The molecule has 0 unspecified atom stereocenters. The van der Waals surface area contributed by atoms with Gasteiger partial charge >= 0.3 is 0 Å². The van der Waals surface area contributed by atoms with E-state index in [-0.39, 0.29) is 10.8 Å². The summed E-state index contributed by atoms with van der Waals surface area (Å²) < 4.78 is 22.5. The molecule has 6 heteroatoms. The second-order valence-electron chi connectivity index (χ2n) is 3.76. The van der Waals surface area contributed by atoms with E-state index in [9.17, 15) is 13.2 Å². The predicted octanol–water partition coefficient (Wildman–Crippen LogP) is 2.40. The first-order valence-electron chi connectivity index (χ1n) is 5.10. The Morgan fingerprint density at radius 2 is 1.83 bits per heavy atom. The molecule has 1 N–H and O–H groups in total. The molecule has 1 aromatic carbocycles. The van der Waals surface area contributed by atoms with Crippen molar-refractivity contribution in [3.63, 3.8) is 0 Å². The van der Waals surface area contributed by atoms with Gasteiger partial charge in [0.05, 0.1) is 10.6 Å². The van der Waals surface area contributed by atoms with Gasteiger partial charge in [-0.1, -0.05) is 0 Å². The number of hydrogen-bond acceptors (Lipinski definition) is 4. The summed E-state index contributed by atoms with van der Waals surface area (Å²) in [6.45, 7) is 0. The van der Waals surface area contributed by atoms with Crippen LogP contribution in [0.1, 0.15) is 10.4 Å². The zero-order chi connectivity index (χ0) is 13.2. The van der Waals surface area contributed by atoms with E-state index in [0.717, 1.165) is 11.9 Å². The molecule has 0 spiro atoms. The van der Waals surface area contributed by atoms with E-state index in [1.165, 1.54) is 35.6 Å². The quantitative estimate of drug-likeness (QED) is 0.939. The largest absolute Gasteiger partial charge is 0.321 e. The van der Waals surface area contributed by atoms with Gasteiger partial charge in [0.1, 0.15) is 0 Å². The normalized spacial score (nSPS) is 11.2. The van der Waals surface area contributed by atoms with Gasteiger partial charge in [0.2, 0.25) is 0 Å². The maximum absolute atomic E-state index is 11.8. The molecule has 0 atom stereocenters. The Kier molecular flexibility index (Phi) is 3.49. The summed E-state index contributed by atoms with van der Waals surface area (Å²) in [5.74, 6) is -0.256. The zero-order valence-electron chi connectivity index (χ0n) is 9.58. The van der Waals surface area contributed by atoms with Gasteiger partial charge in [-0.05, 0) is 35.7 Å². The van der Waals surface area contributed by atoms with E-state index in [0.29, 0.717) is 5.56 Å². The van der Waals surface area contributed by atoms with Crippen LogP contribution in [-0.4, -0.2) is 20.6 Å². The maximum Gasteiger partial charge on any atom is 0.255 e. The lowest BCUT2D eigenvalue weighted by molar-refractivity contribution is 0.102. The van der Waals surface area contributed by atoms with Gasteiger partial charge in [0.25, 0.3) is 5.91 Å². The van der Waals surface area contributed by atoms with Crippen LogP contribution in [0.25, 0.3) is 0 Å². The highest BCUT2D eigenvalue weighted by Crippen LogP contribution is 2.15. The standard InChI is InChI=1S/C12H11NO3S2/c1-18(15,16)11-4-2-9(3-5-11)12(14)13-10-6-7-17-8-10/h2-8H,1H3,(H,13,14). The molecule has 2 rings (SSSR count). The van der Waals surface area contributed by atoms with Crippen LogP contribution in [0, 0.1) is 0 Å². The fourth-order valence-electron chi connectivity index (χ4n) is 1.39. The van der Waals surface area contributed by atoms with E-state index >= 15 is 0 Å². The minimum Gasteiger partial charge on any atom is -0.321 e. The Labute approximate surface area is 109 Å². The molecule has 2 aromatic rings. The van der Waals surface area contributed by atoms with Gasteiger partial charge in [0, 0.05) is 17.2 Å². The molecule has 1 heterocycles. The molecule has 0 radical (unpaired) electrons. The number of carbonyl (C=O) groups is 1. The minimum absolute atomic E-state index is 0.203. The minimum atomic E-state index is -3.23. The first-order chi connectivity index (χ1) is 8.47. The average Bonchev–Trinajstić information content (AvgIpc) is 2.81. The number of nitrogens with one attached hydrogen (secondary N) is 1. The number of amides is 1. The van der Waals surface area contributed by atoms with E-state index in [2.05, 4.69) is 5.32 Å². The Hall–Kier alpha value is -1.66. The number of hydrogen-bond donors (Lipinski definition) is 1. The highest BCUT2D eigenvalue weighted by Gasteiger charge is 2.10. The number of benzene rings is 1. The fourth-order valence-corrected chi connectivity index (χ4v) is 2.61. The lowest BCUT2D eigenvalue weighted by atomic mass is 10.2. The van der Waals surface area contributed by atoms with Crippen LogP contribution in [0.4, 0.5) is 5.69 Å². The first-order valence-corrected chi connectivity index (χ1v) is 7.94. The van der Waals surface area contributed by atoms with Crippen LogP contribution in [0.3, 0.4) is 0 Å². The third-order valence-corrected chi connectivity index (χ3v) is 4.14. The van der Waals surface area contributed by atoms with Crippen molar-refractivity contribution in [2.24, 2.45) is 0 Å². The van der Waals surface area contributed by atoms with Crippen molar-refractivity contribution in [1.82, 2.24) is 0 Å². The smallest absolute Gasteiger partial charge is 0.255 e. The Morgan fingerprint density at radius 1 is 1.17 bits per heavy atom. The zero-order valence-corrected chi connectivity index (χ0v) is 11.2. The van der Waals surface area contributed by atoms with E-state index in [1.54, 1.807) is 6.07 Å². The number of sulfone groups is 1. The molecule has 0 fully saturated rings. The summed E-state index contributed by atoms with van der Waals surface area (Å²) in [6.07, 6.45) is 1.13. The van der Waals surface area contributed by atoms with E-state index in [1.807, 2.05) is 10.8 Å². The van der Waals surface area contributed by atoms with Gasteiger partial charge in [-0.3, -0.25) is 4.79 Å². The fraction of sp³-hybridized carbons (Fsp3) is 0.0833. The number of rotatable bonds is 3. The lowest BCUT2D eigenvalue weighted by Crippen LogP contribution is -2.11. The van der Waals surface area contributed by atoms with Crippen molar-refractivity contribution in [3.05, 3.63) is 46.7 Å². The van der Waals surface area contributed by atoms with Crippen LogP contribution in [0.2, 0.25) is 0 Å². The Bertz CT molecular complexity index is 643. The summed E-state index contributed by atoms with van der Waals surface area (Å²) in [6, 6.07) is 7.65. The highest BCUT2D eigenvalue weighted by molar-refractivity contribution is 7.90. The van der Waals surface area contributed by atoms with E-state index < -0.39 is 9.84 Å². The maximum atomic E-state index is 11.8. The molecule has 0 aliphatic heterocycles. The van der Waals surface area contributed by atoms with E-state index in [4.69, 9.17) is 0 Å². The molecular weight excluding hydrogens is 270 g/mol. The van der Waals surface area contributed by atoms with Gasteiger partial charge in [0.15, 0.2) is 9.84 Å². The molecule has 0 saturated carbocycles. The molecule has 94 valence electrons. The van der Waals surface area contributed by atoms with Gasteiger partial charge in [-0.25, -0.2) is 8.42 Å². The van der Waals surface area contributed by atoms with Crippen LogP contribution in [0.15, 0.2) is 46.0 Å². The molecule has 18 heavy (non-hydrogen) atoms. The molecule has 1 aromatic heterocycles. The second kappa shape index (κ2) is 4.91. The van der Waals surface area contributed by atoms with Crippen LogP contribution < -0.4 is 5.32 Å². The van der Waals surface area contributed by atoms with Crippen molar-refractivity contribution < 1.29 is 13.2 Å². The predicted molar refractivity (Wildman–Crippen MR) is 71.8 cm³/mol. The molecule has 0 saturated heterocycles. The topological polar surface area (TPSA) is 63.2 Å². The van der Waals surface area contributed by atoms with Crippen molar-refractivity contribution in [2.75, 3.05) is 11.6 Å². The van der Waals surface area contributed by atoms with Crippen molar-refractivity contribution in [1.29, 1.82) is 0 Å². The van der Waals surface area contributed by atoms with Gasteiger partial charge in [-0.2, -0.15) is 11.3 Å². The third-order valence-electron chi connectivity index (χ3n) is 2.32. The summed E-state index contributed by atoms with van der Waals surface area (Å²) in [7, 11) is -3.23. The van der Waals surface area contributed by atoms with Crippen molar-refractivity contribution in [2.45, 2.75) is 4.90 Å². The molecule has 1 amide bonds. The number of thiophene rings is 1. The second-order valence-corrected chi connectivity index (χ2v) is 6.56. The number of carbonyl (C=O) groups excluding carboxylic acids is 1. The summed E-state index contributed by atoms with van der Waals surface area (Å²) in [5, 5.41) is 6.40. The SMILES string of the molecule is CS(=O)(=O)c1ccc(C(=O)Nc2ccsc2)cc1. The molecule has 0 bridgehead atoms. The van der Waals surface area contributed by atoms with Crippen LogP contribution in [0.5, 0.6) is 0 Å². The van der Waals surface area contributed by atoms with Crippen molar-refractivity contribution >= 4 is 32.8 Å². The summed E-state index contributed by atoms with van der Waals surface area (Å²) >= 11 is 1.49. The molecule has 0 aliphatic rings. The monoisotopic (exact) mass is 281 g/mol. The van der Waals surface area contributed by atoms with Crippen molar-refractivity contribution in [3.8, 4) is 0 Å². The van der Waals surface area contributed by atoms with Gasteiger partial charge in [-0.15, -0.1) is 0 Å². The Balaban J connectivity index is 2.17. The molecular formula is C12H11NO3S2. The number of anilines is 1. The van der Waals surface area contributed by atoms with Crippen LogP contribution in [-0.2, 0) is 9.84 Å². The third kappa shape index (κ3) is 2.96. The van der Waals surface area contributed by atoms with Crippen LogP contribution >= 0.6 is 11.3 Å². The summed E-state index contributed by atoms with van der Waals surface area (Å²) in [5.41, 5.74) is 1.16. The average molecular weight is 281 g/mol. The highest BCUT2D eigenvalue weighted by atomic mass is 32.2. The lowest BCUT2D eigenvalue weighted by Gasteiger charge is -2.03. The molecule has 4 nitrogen and oxygen atoms in total.